The van der Waals surface area contributed by atoms with E-state index in [-0.39, 0.29) is 0 Å². The SMILES string of the molecule is CC1=CC(C)CC(CNC2CC3CCCC(C2)N3C)C1. The molecular formula is C18H32N2. The summed E-state index contributed by atoms with van der Waals surface area (Å²) in [5, 5.41) is 3.93. The normalized spacial score (nSPS) is 42.4. The van der Waals surface area contributed by atoms with Crippen molar-refractivity contribution >= 4 is 0 Å². The van der Waals surface area contributed by atoms with Gasteiger partial charge in [0.1, 0.15) is 0 Å². The predicted molar refractivity (Wildman–Crippen MR) is 85.9 cm³/mol. The molecule has 0 aromatic heterocycles. The highest BCUT2D eigenvalue weighted by atomic mass is 15.2. The number of fused-ring (bicyclic) bond motifs is 2. The van der Waals surface area contributed by atoms with Crippen molar-refractivity contribution in [2.24, 2.45) is 11.8 Å². The molecule has 0 aromatic carbocycles. The Morgan fingerprint density at radius 3 is 2.55 bits per heavy atom. The Morgan fingerprint density at radius 1 is 1.20 bits per heavy atom. The zero-order chi connectivity index (χ0) is 14.1. The van der Waals surface area contributed by atoms with Crippen LogP contribution in [-0.4, -0.2) is 36.6 Å². The lowest BCUT2D eigenvalue weighted by molar-refractivity contribution is 0.0474. The van der Waals surface area contributed by atoms with Crippen LogP contribution in [0, 0.1) is 11.8 Å². The number of allylic oxidation sites excluding steroid dienone is 2. The lowest BCUT2D eigenvalue weighted by Gasteiger charge is -2.47. The van der Waals surface area contributed by atoms with Crippen molar-refractivity contribution in [3.63, 3.8) is 0 Å². The molecule has 1 aliphatic carbocycles. The molecule has 2 bridgehead atoms. The molecule has 0 spiro atoms. The van der Waals surface area contributed by atoms with Gasteiger partial charge in [-0.25, -0.2) is 0 Å². The van der Waals surface area contributed by atoms with Gasteiger partial charge in [-0.1, -0.05) is 25.0 Å². The average Bonchev–Trinajstić information content (AvgIpc) is 2.35. The number of hydrogen-bond acceptors (Lipinski definition) is 2. The summed E-state index contributed by atoms with van der Waals surface area (Å²) in [4.78, 5) is 2.66. The molecule has 4 unspecified atom stereocenters. The van der Waals surface area contributed by atoms with E-state index in [1.807, 2.05) is 0 Å². The van der Waals surface area contributed by atoms with Crippen LogP contribution in [0.5, 0.6) is 0 Å². The lowest BCUT2D eigenvalue weighted by Crippen LogP contribution is -2.54. The second-order valence-electron chi connectivity index (χ2n) is 7.78. The van der Waals surface area contributed by atoms with Gasteiger partial charge in [-0.2, -0.15) is 0 Å². The first-order valence-corrected chi connectivity index (χ1v) is 8.74. The van der Waals surface area contributed by atoms with Crippen LogP contribution in [0.25, 0.3) is 0 Å². The van der Waals surface area contributed by atoms with Crippen molar-refractivity contribution in [3.8, 4) is 0 Å². The molecule has 2 aliphatic heterocycles. The van der Waals surface area contributed by atoms with Gasteiger partial charge in [-0.15, -0.1) is 0 Å². The number of rotatable bonds is 3. The standard InChI is InChI=1S/C18H32N2/c1-13-7-14(2)9-15(8-13)12-19-16-10-17-5-4-6-18(11-16)20(17)3/h7,13,15-19H,4-6,8-12H2,1-3H3. The number of hydrogen-bond donors (Lipinski definition) is 1. The van der Waals surface area contributed by atoms with Gasteiger partial charge in [0.05, 0.1) is 0 Å². The monoisotopic (exact) mass is 276 g/mol. The van der Waals surface area contributed by atoms with E-state index in [4.69, 9.17) is 0 Å². The Hall–Kier alpha value is -0.340. The molecule has 1 N–H and O–H groups in total. The Kier molecular flexibility index (Phi) is 4.52. The quantitative estimate of drug-likeness (QED) is 0.793. The summed E-state index contributed by atoms with van der Waals surface area (Å²) in [6.45, 7) is 5.92. The molecule has 0 amide bonds. The summed E-state index contributed by atoms with van der Waals surface area (Å²) in [7, 11) is 2.35. The molecule has 2 heteroatoms. The zero-order valence-electron chi connectivity index (χ0n) is 13.6. The van der Waals surface area contributed by atoms with Crippen molar-refractivity contribution in [2.75, 3.05) is 13.6 Å². The Balaban J connectivity index is 1.49. The smallest absolute Gasteiger partial charge is 0.0110 e. The van der Waals surface area contributed by atoms with Gasteiger partial charge in [0, 0.05) is 18.1 Å². The zero-order valence-corrected chi connectivity index (χ0v) is 13.6. The molecule has 0 aromatic rings. The van der Waals surface area contributed by atoms with Crippen LogP contribution in [0.3, 0.4) is 0 Å². The minimum Gasteiger partial charge on any atom is -0.314 e. The fourth-order valence-electron chi connectivity index (χ4n) is 4.96. The summed E-state index contributed by atoms with van der Waals surface area (Å²) in [6, 6.07) is 2.49. The number of nitrogens with zero attached hydrogens (tertiary/aromatic N) is 1. The van der Waals surface area contributed by atoms with E-state index in [0.29, 0.717) is 0 Å². The molecule has 114 valence electrons. The maximum Gasteiger partial charge on any atom is 0.0110 e. The van der Waals surface area contributed by atoms with Gasteiger partial charge in [0.2, 0.25) is 0 Å². The molecule has 0 saturated carbocycles. The van der Waals surface area contributed by atoms with Gasteiger partial charge >= 0.3 is 0 Å². The van der Waals surface area contributed by atoms with E-state index in [1.165, 1.54) is 51.5 Å². The van der Waals surface area contributed by atoms with Crippen LogP contribution < -0.4 is 5.32 Å². The molecule has 2 heterocycles. The third-order valence-electron chi connectivity index (χ3n) is 5.92. The molecule has 2 saturated heterocycles. The Morgan fingerprint density at radius 2 is 1.90 bits per heavy atom. The van der Waals surface area contributed by atoms with E-state index in [2.05, 4.69) is 37.2 Å². The lowest BCUT2D eigenvalue weighted by atomic mass is 9.81. The first-order chi connectivity index (χ1) is 9.61. The van der Waals surface area contributed by atoms with Crippen LogP contribution >= 0.6 is 0 Å². The summed E-state index contributed by atoms with van der Waals surface area (Å²) in [5.41, 5.74) is 1.61. The molecule has 3 aliphatic rings. The first kappa shape index (κ1) is 14.6. The molecular weight excluding hydrogens is 244 g/mol. The van der Waals surface area contributed by atoms with Crippen molar-refractivity contribution in [2.45, 2.75) is 76.9 Å². The second-order valence-corrected chi connectivity index (χ2v) is 7.78. The van der Waals surface area contributed by atoms with Gasteiger partial charge in [0.15, 0.2) is 0 Å². The van der Waals surface area contributed by atoms with E-state index in [0.717, 1.165) is 30.0 Å². The molecule has 3 rings (SSSR count). The van der Waals surface area contributed by atoms with Crippen LogP contribution in [0.15, 0.2) is 11.6 Å². The van der Waals surface area contributed by atoms with Crippen molar-refractivity contribution in [3.05, 3.63) is 11.6 Å². The summed E-state index contributed by atoms with van der Waals surface area (Å²) in [5.74, 6) is 1.65. The third-order valence-corrected chi connectivity index (χ3v) is 5.92. The largest absolute Gasteiger partial charge is 0.314 e. The summed E-state index contributed by atoms with van der Waals surface area (Å²) in [6.07, 6.45) is 12.2. The number of piperidine rings is 2. The minimum absolute atomic E-state index is 0.781. The Labute approximate surface area is 125 Å². The summed E-state index contributed by atoms with van der Waals surface area (Å²) >= 11 is 0. The predicted octanol–water partition coefficient (Wildman–Crippen LogP) is 3.58. The van der Waals surface area contributed by atoms with Crippen molar-refractivity contribution < 1.29 is 0 Å². The van der Waals surface area contributed by atoms with Gasteiger partial charge in [-0.3, -0.25) is 0 Å². The topological polar surface area (TPSA) is 15.3 Å². The first-order valence-electron chi connectivity index (χ1n) is 8.74. The highest BCUT2D eigenvalue weighted by Crippen LogP contribution is 2.33. The van der Waals surface area contributed by atoms with Gasteiger partial charge in [-0.05, 0) is 70.9 Å². The highest BCUT2D eigenvalue weighted by molar-refractivity contribution is 5.06. The van der Waals surface area contributed by atoms with Crippen molar-refractivity contribution in [1.29, 1.82) is 0 Å². The van der Waals surface area contributed by atoms with E-state index >= 15 is 0 Å². The van der Waals surface area contributed by atoms with E-state index in [1.54, 1.807) is 5.57 Å². The van der Waals surface area contributed by atoms with Crippen molar-refractivity contribution in [1.82, 2.24) is 10.2 Å². The maximum atomic E-state index is 3.93. The van der Waals surface area contributed by atoms with Crippen LogP contribution in [-0.2, 0) is 0 Å². The van der Waals surface area contributed by atoms with Crippen LogP contribution in [0.1, 0.15) is 58.8 Å². The maximum absolute atomic E-state index is 3.93. The Bertz CT molecular complexity index is 348. The van der Waals surface area contributed by atoms with Crippen LogP contribution in [0.2, 0.25) is 0 Å². The number of nitrogens with one attached hydrogen (secondary N) is 1. The fourth-order valence-corrected chi connectivity index (χ4v) is 4.96. The second kappa shape index (κ2) is 6.19. The molecule has 2 fully saturated rings. The van der Waals surface area contributed by atoms with E-state index < -0.39 is 0 Å². The average molecular weight is 276 g/mol. The van der Waals surface area contributed by atoms with Gasteiger partial charge in [0.25, 0.3) is 0 Å². The summed E-state index contributed by atoms with van der Waals surface area (Å²) < 4.78 is 0. The van der Waals surface area contributed by atoms with Gasteiger partial charge < -0.3 is 10.2 Å². The minimum atomic E-state index is 0.781. The molecule has 2 nitrogen and oxygen atoms in total. The molecule has 4 atom stereocenters. The molecule has 20 heavy (non-hydrogen) atoms. The van der Waals surface area contributed by atoms with Crippen LogP contribution in [0.4, 0.5) is 0 Å². The third kappa shape index (κ3) is 3.28. The fraction of sp³-hybridized carbons (Fsp3) is 0.889. The highest BCUT2D eigenvalue weighted by Gasteiger charge is 2.35. The molecule has 0 radical (unpaired) electrons. The van der Waals surface area contributed by atoms with E-state index in [9.17, 15) is 0 Å².